The van der Waals surface area contributed by atoms with Gasteiger partial charge in [-0.15, -0.1) is 0 Å². The smallest absolute Gasteiger partial charge is 0.0683 e. The van der Waals surface area contributed by atoms with Crippen LogP contribution in [0.3, 0.4) is 0 Å². The Hall–Kier alpha value is -0.550. The Morgan fingerprint density at radius 1 is 1.38 bits per heavy atom. The van der Waals surface area contributed by atoms with E-state index in [9.17, 15) is 0 Å². The molecular formula is C14H26N2. The van der Waals surface area contributed by atoms with Gasteiger partial charge in [0.15, 0.2) is 0 Å². The summed E-state index contributed by atoms with van der Waals surface area (Å²) in [4.78, 5) is 2.62. The summed E-state index contributed by atoms with van der Waals surface area (Å²) in [7, 11) is 0. The van der Waals surface area contributed by atoms with Gasteiger partial charge in [-0.05, 0) is 52.0 Å². The zero-order chi connectivity index (χ0) is 12.2. The zero-order valence-electron chi connectivity index (χ0n) is 11.3. The van der Waals surface area contributed by atoms with Gasteiger partial charge in [-0.3, -0.25) is 0 Å². The molecule has 0 heterocycles. The van der Waals surface area contributed by atoms with Crippen LogP contribution in [0.2, 0.25) is 0 Å². The Bertz CT molecular complexity index is 246. The van der Waals surface area contributed by atoms with Crippen molar-refractivity contribution in [3.05, 3.63) is 0 Å². The summed E-state index contributed by atoms with van der Waals surface area (Å²) in [6.45, 7) is 11.0. The summed E-state index contributed by atoms with van der Waals surface area (Å²) in [5.41, 5.74) is -0.146. The van der Waals surface area contributed by atoms with Crippen LogP contribution in [0.1, 0.15) is 53.4 Å². The Balaban J connectivity index is 2.25. The maximum Gasteiger partial charge on any atom is 0.0683 e. The quantitative estimate of drug-likeness (QED) is 0.660. The van der Waals surface area contributed by atoms with E-state index in [1.807, 2.05) is 13.8 Å². The highest BCUT2D eigenvalue weighted by molar-refractivity contribution is 4.92. The van der Waals surface area contributed by atoms with Gasteiger partial charge in [-0.2, -0.15) is 5.26 Å². The highest BCUT2D eigenvalue weighted by atomic mass is 15.2. The summed E-state index contributed by atoms with van der Waals surface area (Å²) in [6, 6.07) is 3.24. The minimum Gasteiger partial charge on any atom is -0.300 e. The minimum absolute atomic E-state index is 0.146. The van der Waals surface area contributed by atoms with E-state index in [1.54, 1.807) is 0 Å². The van der Waals surface area contributed by atoms with Gasteiger partial charge in [0.2, 0.25) is 0 Å². The average Bonchev–Trinajstić information content (AvgIpc) is 2.98. The summed E-state index contributed by atoms with van der Waals surface area (Å²) in [5.74, 6) is 0.754. The molecule has 0 aromatic rings. The lowest BCUT2D eigenvalue weighted by molar-refractivity contribution is 0.221. The van der Waals surface area contributed by atoms with Gasteiger partial charge < -0.3 is 4.90 Å². The molecule has 0 unspecified atom stereocenters. The topological polar surface area (TPSA) is 27.0 Å². The lowest BCUT2D eigenvalue weighted by Gasteiger charge is -2.25. The van der Waals surface area contributed by atoms with Crippen LogP contribution in [0, 0.1) is 22.7 Å². The summed E-state index contributed by atoms with van der Waals surface area (Å²) < 4.78 is 0. The second kappa shape index (κ2) is 5.68. The van der Waals surface area contributed by atoms with Crippen molar-refractivity contribution in [2.45, 2.75) is 59.4 Å². The highest BCUT2D eigenvalue weighted by Crippen LogP contribution is 2.29. The van der Waals surface area contributed by atoms with E-state index < -0.39 is 0 Å². The van der Waals surface area contributed by atoms with Gasteiger partial charge >= 0.3 is 0 Å². The molecule has 0 amide bonds. The van der Waals surface area contributed by atoms with Gasteiger partial charge in [-0.1, -0.05) is 13.8 Å². The van der Waals surface area contributed by atoms with Crippen molar-refractivity contribution in [3.8, 4) is 6.07 Å². The Morgan fingerprint density at radius 3 is 2.44 bits per heavy atom. The maximum atomic E-state index is 8.96. The van der Waals surface area contributed by atoms with E-state index >= 15 is 0 Å². The number of hydrogen-bond acceptors (Lipinski definition) is 2. The molecule has 1 rings (SSSR count). The summed E-state index contributed by atoms with van der Waals surface area (Å²) in [6.07, 6.45) is 4.94. The first-order valence-corrected chi connectivity index (χ1v) is 6.60. The fourth-order valence-electron chi connectivity index (χ4n) is 2.11. The van der Waals surface area contributed by atoms with Crippen LogP contribution >= 0.6 is 0 Å². The average molecular weight is 222 g/mol. The van der Waals surface area contributed by atoms with Crippen LogP contribution in [0.4, 0.5) is 0 Å². The fraction of sp³-hybridized carbons (Fsp3) is 0.929. The second-order valence-corrected chi connectivity index (χ2v) is 6.22. The molecule has 1 fully saturated rings. The predicted octanol–water partition coefficient (Wildman–Crippen LogP) is 3.44. The van der Waals surface area contributed by atoms with Crippen LogP contribution in [-0.2, 0) is 0 Å². The minimum atomic E-state index is -0.146. The van der Waals surface area contributed by atoms with Crippen LogP contribution in [-0.4, -0.2) is 24.0 Å². The third-order valence-corrected chi connectivity index (χ3v) is 3.21. The normalized spacial score (nSPS) is 16.8. The molecule has 2 nitrogen and oxygen atoms in total. The van der Waals surface area contributed by atoms with Crippen LogP contribution in [0.5, 0.6) is 0 Å². The van der Waals surface area contributed by atoms with E-state index in [4.69, 9.17) is 5.26 Å². The van der Waals surface area contributed by atoms with Crippen molar-refractivity contribution in [3.63, 3.8) is 0 Å². The van der Waals surface area contributed by atoms with Gasteiger partial charge in [-0.25, -0.2) is 0 Å². The summed E-state index contributed by atoms with van der Waals surface area (Å²) in [5, 5.41) is 8.96. The molecule has 1 aliphatic carbocycles. The molecule has 0 radical (unpaired) electrons. The first-order valence-electron chi connectivity index (χ1n) is 6.60. The lowest BCUT2D eigenvalue weighted by atomic mass is 9.90. The Labute approximate surface area is 101 Å². The van der Waals surface area contributed by atoms with E-state index in [0.29, 0.717) is 0 Å². The number of hydrogen-bond donors (Lipinski definition) is 0. The SMILES string of the molecule is CC(C)CN(CCCC(C)(C)C#N)C1CC1. The third-order valence-electron chi connectivity index (χ3n) is 3.21. The molecule has 0 bridgehead atoms. The number of nitriles is 1. The molecule has 0 aliphatic heterocycles. The second-order valence-electron chi connectivity index (χ2n) is 6.22. The molecule has 0 spiro atoms. The van der Waals surface area contributed by atoms with Gasteiger partial charge in [0.25, 0.3) is 0 Å². The molecule has 0 saturated heterocycles. The van der Waals surface area contributed by atoms with Crippen LogP contribution in [0.25, 0.3) is 0 Å². The molecule has 2 heteroatoms. The fourth-order valence-corrected chi connectivity index (χ4v) is 2.11. The van der Waals surface area contributed by atoms with Crippen molar-refractivity contribution < 1.29 is 0 Å². The zero-order valence-corrected chi connectivity index (χ0v) is 11.3. The molecule has 0 aromatic carbocycles. The molecule has 0 atom stereocenters. The molecule has 0 aromatic heterocycles. The monoisotopic (exact) mass is 222 g/mol. The molecule has 92 valence electrons. The molecule has 1 saturated carbocycles. The molecule has 0 N–H and O–H groups in total. The molecule has 1 aliphatic rings. The van der Waals surface area contributed by atoms with Crippen LogP contribution < -0.4 is 0 Å². The first kappa shape index (κ1) is 13.5. The molecule has 16 heavy (non-hydrogen) atoms. The van der Waals surface area contributed by atoms with Crippen molar-refractivity contribution in [1.82, 2.24) is 4.90 Å². The number of nitrogens with zero attached hydrogens (tertiary/aromatic N) is 2. The third kappa shape index (κ3) is 4.99. The Kier molecular flexibility index (Phi) is 4.80. The number of rotatable bonds is 7. The largest absolute Gasteiger partial charge is 0.300 e. The lowest BCUT2D eigenvalue weighted by Crippen LogP contribution is -2.31. The standard InChI is InChI=1S/C14H26N2/c1-12(2)10-16(13-6-7-13)9-5-8-14(3,4)11-15/h12-13H,5-10H2,1-4H3. The van der Waals surface area contributed by atoms with E-state index in [0.717, 1.165) is 24.8 Å². The van der Waals surface area contributed by atoms with Crippen molar-refractivity contribution in [2.75, 3.05) is 13.1 Å². The summed E-state index contributed by atoms with van der Waals surface area (Å²) >= 11 is 0. The van der Waals surface area contributed by atoms with Crippen LogP contribution in [0.15, 0.2) is 0 Å². The van der Waals surface area contributed by atoms with Crippen molar-refractivity contribution in [1.29, 1.82) is 5.26 Å². The Morgan fingerprint density at radius 2 is 2.00 bits per heavy atom. The van der Waals surface area contributed by atoms with E-state index in [2.05, 4.69) is 24.8 Å². The maximum absolute atomic E-state index is 8.96. The van der Waals surface area contributed by atoms with Crippen molar-refractivity contribution >= 4 is 0 Å². The highest BCUT2D eigenvalue weighted by Gasteiger charge is 2.29. The van der Waals surface area contributed by atoms with E-state index in [1.165, 1.54) is 25.9 Å². The predicted molar refractivity (Wildman–Crippen MR) is 68.1 cm³/mol. The van der Waals surface area contributed by atoms with Crippen molar-refractivity contribution in [2.24, 2.45) is 11.3 Å². The van der Waals surface area contributed by atoms with Gasteiger partial charge in [0, 0.05) is 12.6 Å². The first-order chi connectivity index (χ1) is 7.44. The van der Waals surface area contributed by atoms with Gasteiger partial charge in [0.1, 0.15) is 0 Å². The van der Waals surface area contributed by atoms with Gasteiger partial charge in [0.05, 0.1) is 11.5 Å². The van der Waals surface area contributed by atoms with E-state index in [-0.39, 0.29) is 5.41 Å². The molecular weight excluding hydrogens is 196 g/mol.